The lowest BCUT2D eigenvalue weighted by Crippen LogP contribution is -2.04. The van der Waals surface area contributed by atoms with Crippen molar-refractivity contribution in [2.75, 3.05) is 17.8 Å². The van der Waals surface area contributed by atoms with Crippen LogP contribution in [0.1, 0.15) is 15.3 Å². The maximum absolute atomic E-state index is 12.6. The van der Waals surface area contributed by atoms with E-state index < -0.39 is 11.1 Å². The predicted octanol–water partition coefficient (Wildman–Crippen LogP) is 4.72. The summed E-state index contributed by atoms with van der Waals surface area (Å²) >= 11 is 0.547. The Bertz CT molecular complexity index is 847. The number of hydrogen-bond acceptors (Lipinski definition) is 5. The number of rotatable bonds is 5. The molecule has 1 aromatic carbocycles. The summed E-state index contributed by atoms with van der Waals surface area (Å²) in [6.07, 6.45) is -3.17. The van der Waals surface area contributed by atoms with Crippen molar-refractivity contribution in [3.8, 4) is 11.8 Å². The van der Waals surface area contributed by atoms with E-state index in [-0.39, 0.29) is 10.6 Å². The molecule has 0 amide bonds. The quantitative estimate of drug-likeness (QED) is 0.311. The molecule has 0 radical (unpaired) electrons. The van der Waals surface area contributed by atoms with Gasteiger partial charge in [0.1, 0.15) is 16.9 Å². The van der Waals surface area contributed by atoms with Gasteiger partial charge in [-0.3, -0.25) is 5.41 Å². The minimum Gasteiger partial charge on any atom is -0.391 e. The second-order valence-electron chi connectivity index (χ2n) is 4.68. The standard InChI is InChI=1S/C17H14F3N3OS/c1-3-24-23-11-4-8-15(22-2)13(10-11)14(21)7-5-12-6-9-16(25-12)17(18,19)20/h3-4,6,8-10,21-23H,1H2,2H3. The van der Waals surface area contributed by atoms with Crippen molar-refractivity contribution < 1.29 is 18.0 Å². The van der Waals surface area contributed by atoms with E-state index in [1.54, 1.807) is 25.2 Å². The lowest BCUT2D eigenvalue weighted by Gasteiger charge is -2.10. The molecule has 2 aromatic rings. The van der Waals surface area contributed by atoms with Crippen molar-refractivity contribution >= 4 is 28.4 Å². The lowest BCUT2D eigenvalue weighted by molar-refractivity contribution is -0.134. The lowest BCUT2D eigenvalue weighted by atomic mass is 10.1. The van der Waals surface area contributed by atoms with E-state index >= 15 is 0 Å². The number of thiophene rings is 1. The number of halogens is 3. The number of nitrogens with one attached hydrogen (secondary N) is 3. The highest BCUT2D eigenvalue weighted by atomic mass is 32.1. The molecule has 0 aliphatic carbocycles. The summed E-state index contributed by atoms with van der Waals surface area (Å²) in [5, 5.41) is 11.0. The molecule has 4 nitrogen and oxygen atoms in total. The molecular formula is C17H14F3N3OS. The summed E-state index contributed by atoms with van der Waals surface area (Å²) in [5.41, 5.74) is 4.31. The number of anilines is 2. The van der Waals surface area contributed by atoms with Gasteiger partial charge >= 0.3 is 6.18 Å². The van der Waals surface area contributed by atoms with Crippen molar-refractivity contribution in [2.24, 2.45) is 0 Å². The fourth-order valence-electron chi connectivity index (χ4n) is 1.89. The Morgan fingerprint density at radius 1 is 1.32 bits per heavy atom. The van der Waals surface area contributed by atoms with Gasteiger partial charge in [0.2, 0.25) is 0 Å². The first-order valence-corrected chi connectivity index (χ1v) is 7.79. The van der Waals surface area contributed by atoms with Crippen LogP contribution in [0.4, 0.5) is 24.5 Å². The Kier molecular flexibility index (Phi) is 5.72. The van der Waals surface area contributed by atoms with Crippen LogP contribution in [0.2, 0.25) is 0 Å². The maximum atomic E-state index is 12.6. The van der Waals surface area contributed by atoms with Crippen molar-refractivity contribution in [1.29, 1.82) is 5.41 Å². The fourth-order valence-corrected chi connectivity index (χ4v) is 2.62. The van der Waals surface area contributed by atoms with E-state index in [4.69, 9.17) is 10.2 Å². The van der Waals surface area contributed by atoms with Crippen molar-refractivity contribution in [1.82, 2.24) is 0 Å². The monoisotopic (exact) mass is 365 g/mol. The van der Waals surface area contributed by atoms with Gasteiger partial charge in [0, 0.05) is 18.3 Å². The average molecular weight is 365 g/mol. The van der Waals surface area contributed by atoms with Crippen LogP contribution in [-0.2, 0) is 11.0 Å². The molecule has 8 heteroatoms. The molecule has 0 unspecified atom stereocenters. The molecule has 0 saturated carbocycles. The SMILES string of the molecule is C=CONc1ccc(NC)c(C(=N)C#Cc2ccc(C(F)(F)F)s2)c1. The molecule has 0 aliphatic heterocycles. The summed E-state index contributed by atoms with van der Waals surface area (Å²) in [4.78, 5) is 4.40. The Morgan fingerprint density at radius 3 is 2.68 bits per heavy atom. The summed E-state index contributed by atoms with van der Waals surface area (Å²) in [5.74, 6) is 5.18. The second kappa shape index (κ2) is 7.77. The van der Waals surface area contributed by atoms with Gasteiger partial charge in [-0.15, -0.1) is 11.3 Å². The molecule has 2 rings (SSSR count). The molecular weight excluding hydrogens is 351 g/mol. The van der Waals surface area contributed by atoms with Gasteiger partial charge in [-0.2, -0.15) is 13.2 Å². The van der Waals surface area contributed by atoms with E-state index in [9.17, 15) is 13.2 Å². The molecule has 1 aromatic heterocycles. The van der Waals surface area contributed by atoms with Gasteiger partial charge in [0.15, 0.2) is 0 Å². The van der Waals surface area contributed by atoms with E-state index in [0.29, 0.717) is 28.3 Å². The van der Waals surface area contributed by atoms with Gasteiger partial charge in [0.05, 0.1) is 10.6 Å². The van der Waals surface area contributed by atoms with Crippen molar-refractivity contribution in [3.05, 3.63) is 58.5 Å². The van der Waals surface area contributed by atoms with Crippen LogP contribution in [-0.4, -0.2) is 12.8 Å². The Labute approximate surface area is 146 Å². The fraction of sp³-hybridized carbons (Fsp3) is 0.118. The summed E-state index contributed by atoms with van der Waals surface area (Å²) in [6, 6.07) is 7.38. The van der Waals surface area contributed by atoms with Crippen LogP contribution in [0, 0.1) is 17.3 Å². The smallest absolute Gasteiger partial charge is 0.391 e. The first-order valence-electron chi connectivity index (χ1n) is 6.97. The third-order valence-corrected chi connectivity index (χ3v) is 4.06. The second-order valence-corrected chi connectivity index (χ2v) is 5.77. The summed E-state index contributed by atoms with van der Waals surface area (Å²) in [6.45, 7) is 3.41. The molecule has 0 aliphatic rings. The highest BCUT2D eigenvalue weighted by Crippen LogP contribution is 2.34. The first-order chi connectivity index (χ1) is 11.8. The van der Waals surface area contributed by atoms with Gasteiger partial charge < -0.3 is 10.2 Å². The van der Waals surface area contributed by atoms with Crippen LogP contribution >= 0.6 is 11.3 Å². The van der Waals surface area contributed by atoms with E-state index in [1.165, 1.54) is 12.3 Å². The molecule has 0 bridgehead atoms. The van der Waals surface area contributed by atoms with Gasteiger partial charge in [-0.05, 0) is 42.2 Å². The first kappa shape index (κ1) is 18.4. The average Bonchev–Trinajstić information content (AvgIpc) is 3.07. The number of benzene rings is 1. The Balaban J connectivity index is 2.26. The zero-order chi connectivity index (χ0) is 18.4. The molecule has 130 valence electrons. The molecule has 25 heavy (non-hydrogen) atoms. The van der Waals surface area contributed by atoms with Gasteiger partial charge in [0.25, 0.3) is 0 Å². The Morgan fingerprint density at radius 2 is 2.08 bits per heavy atom. The van der Waals surface area contributed by atoms with Crippen LogP contribution < -0.4 is 10.8 Å². The van der Waals surface area contributed by atoms with Gasteiger partial charge in [-0.25, -0.2) is 5.48 Å². The number of hydrogen-bond donors (Lipinski definition) is 3. The highest BCUT2D eigenvalue weighted by molar-refractivity contribution is 7.12. The zero-order valence-electron chi connectivity index (χ0n) is 13.1. The third-order valence-electron chi connectivity index (χ3n) is 3.01. The van der Waals surface area contributed by atoms with Crippen molar-refractivity contribution in [3.63, 3.8) is 0 Å². The number of alkyl halides is 3. The normalized spacial score (nSPS) is 10.4. The Hall–Kier alpha value is -2.92. The summed E-state index contributed by atoms with van der Waals surface area (Å²) < 4.78 is 37.8. The molecule has 0 saturated heterocycles. The van der Waals surface area contributed by atoms with Crippen LogP contribution in [0.25, 0.3) is 0 Å². The van der Waals surface area contributed by atoms with Crippen LogP contribution in [0.15, 0.2) is 43.2 Å². The van der Waals surface area contributed by atoms with Crippen LogP contribution in [0.3, 0.4) is 0 Å². The maximum Gasteiger partial charge on any atom is 0.425 e. The van der Waals surface area contributed by atoms with E-state index in [2.05, 4.69) is 29.2 Å². The molecule has 1 heterocycles. The summed E-state index contributed by atoms with van der Waals surface area (Å²) in [7, 11) is 1.70. The molecule has 0 spiro atoms. The van der Waals surface area contributed by atoms with Crippen molar-refractivity contribution in [2.45, 2.75) is 6.18 Å². The topological polar surface area (TPSA) is 57.1 Å². The van der Waals surface area contributed by atoms with Crippen LogP contribution in [0.5, 0.6) is 0 Å². The highest BCUT2D eigenvalue weighted by Gasteiger charge is 2.32. The minimum atomic E-state index is -4.39. The predicted molar refractivity (Wildman–Crippen MR) is 93.9 cm³/mol. The minimum absolute atomic E-state index is 0.0337. The molecule has 0 atom stereocenters. The molecule has 0 fully saturated rings. The van der Waals surface area contributed by atoms with E-state index in [0.717, 1.165) is 6.07 Å². The zero-order valence-corrected chi connectivity index (χ0v) is 13.9. The third kappa shape index (κ3) is 4.78. The van der Waals surface area contributed by atoms with E-state index in [1.807, 2.05) is 0 Å². The van der Waals surface area contributed by atoms with Gasteiger partial charge in [-0.1, -0.05) is 6.58 Å². The largest absolute Gasteiger partial charge is 0.425 e. The molecule has 3 N–H and O–H groups in total.